The molecule has 0 saturated heterocycles. The normalized spacial score (nSPS) is 19.2. The van der Waals surface area contributed by atoms with Gasteiger partial charge < -0.3 is 24.2 Å². The number of nitrogens with zero attached hydrogens (tertiary/aromatic N) is 1. The Balaban J connectivity index is 1.56. The highest BCUT2D eigenvalue weighted by Crippen LogP contribution is 2.26. The summed E-state index contributed by atoms with van der Waals surface area (Å²) >= 11 is 0. The molecule has 0 spiro atoms. The van der Waals surface area contributed by atoms with Crippen LogP contribution >= 0.6 is 0 Å². The second-order valence-corrected chi connectivity index (χ2v) is 8.85. The van der Waals surface area contributed by atoms with Crippen molar-refractivity contribution in [3.8, 4) is 0 Å². The van der Waals surface area contributed by atoms with Crippen LogP contribution in [-0.4, -0.2) is 47.9 Å². The fourth-order valence-corrected chi connectivity index (χ4v) is 4.35. The van der Waals surface area contributed by atoms with Gasteiger partial charge in [0.05, 0.1) is 26.4 Å². The molecule has 0 N–H and O–H groups in total. The number of esters is 1. The largest absolute Gasteiger partial charge is 0.623 e. The third-order valence-electron chi connectivity index (χ3n) is 6.18. The van der Waals surface area contributed by atoms with Gasteiger partial charge in [0.1, 0.15) is 13.0 Å². The summed E-state index contributed by atoms with van der Waals surface area (Å²) in [5.74, 6) is -0.473. The Morgan fingerprint density at radius 2 is 1.30 bits per heavy atom. The maximum atomic E-state index is 13.6. The minimum atomic E-state index is -0.726. The Hall–Kier alpha value is -3.52. The number of carbonyl (C=O) groups is 1. The molecule has 0 unspecified atom stereocenters. The summed E-state index contributed by atoms with van der Waals surface area (Å²) < 4.78 is 24.6. The van der Waals surface area contributed by atoms with Crippen molar-refractivity contribution in [3.63, 3.8) is 0 Å². The maximum absolute atomic E-state index is 13.6. The van der Waals surface area contributed by atoms with Crippen LogP contribution in [-0.2, 0) is 43.6 Å². The summed E-state index contributed by atoms with van der Waals surface area (Å²) in [5, 5.41) is 13.6. The lowest BCUT2D eigenvalue weighted by molar-refractivity contribution is -0.508. The van der Waals surface area contributed by atoms with Crippen molar-refractivity contribution in [3.05, 3.63) is 113 Å². The van der Waals surface area contributed by atoms with E-state index in [2.05, 4.69) is 0 Å². The van der Waals surface area contributed by atoms with Gasteiger partial charge in [-0.1, -0.05) is 91.0 Å². The van der Waals surface area contributed by atoms with E-state index in [-0.39, 0.29) is 26.2 Å². The average Bonchev–Trinajstić information content (AvgIpc) is 3.17. The lowest BCUT2D eigenvalue weighted by Crippen LogP contribution is -2.42. The smallest absolute Gasteiger partial charge is 0.316 e. The van der Waals surface area contributed by atoms with Crippen LogP contribution < -0.4 is 0 Å². The van der Waals surface area contributed by atoms with E-state index in [9.17, 15) is 10.0 Å². The molecule has 0 aromatic heterocycles. The Kier molecular flexibility index (Phi) is 9.82. The molecule has 0 saturated carbocycles. The van der Waals surface area contributed by atoms with Crippen LogP contribution in [0.1, 0.15) is 30.0 Å². The van der Waals surface area contributed by atoms with Crippen molar-refractivity contribution in [2.24, 2.45) is 0 Å². The number of benzene rings is 3. The first-order valence-corrected chi connectivity index (χ1v) is 12.6. The van der Waals surface area contributed by atoms with E-state index < -0.39 is 24.2 Å². The fourth-order valence-electron chi connectivity index (χ4n) is 4.35. The predicted octanol–water partition coefficient (Wildman–Crippen LogP) is 4.66. The van der Waals surface area contributed by atoms with Gasteiger partial charge in [0, 0.05) is 0 Å². The topological polar surface area (TPSA) is 80.1 Å². The van der Waals surface area contributed by atoms with Crippen molar-refractivity contribution in [1.29, 1.82) is 0 Å². The van der Waals surface area contributed by atoms with E-state index >= 15 is 0 Å². The van der Waals surface area contributed by atoms with E-state index in [1.54, 1.807) is 6.92 Å². The van der Waals surface area contributed by atoms with Gasteiger partial charge in [0.2, 0.25) is 11.8 Å². The van der Waals surface area contributed by atoms with Gasteiger partial charge in [0.25, 0.3) is 0 Å². The molecule has 0 bridgehead atoms. The van der Waals surface area contributed by atoms with Crippen molar-refractivity contribution < 1.29 is 28.5 Å². The molecule has 7 heteroatoms. The molecule has 1 heterocycles. The predicted molar refractivity (Wildman–Crippen MR) is 140 cm³/mol. The minimum absolute atomic E-state index is 0.120. The summed E-state index contributed by atoms with van der Waals surface area (Å²) in [5.41, 5.74) is 3.23. The maximum Gasteiger partial charge on any atom is 0.316 e. The van der Waals surface area contributed by atoms with Crippen LogP contribution in [0.25, 0.3) is 0 Å². The summed E-state index contributed by atoms with van der Waals surface area (Å²) in [4.78, 5) is 12.4. The first kappa shape index (κ1) is 26.5. The van der Waals surface area contributed by atoms with E-state index in [0.29, 0.717) is 18.9 Å². The Bertz CT molecular complexity index is 1140. The zero-order valence-corrected chi connectivity index (χ0v) is 21.0. The van der Waals surface area contributed by atoms with Crippen LogP contribution in [0.4, 0.5) is 0 Å². The molecule has 3 atom stereocenters. The van der Waals surface area contributed by atoms with Gasteiger partial charge in [-0.25, -0.2) is 4.74 Å². The van der Waals surface area contributed by atoms with Gasteiger partial charge in [-0.3, -0.25) is 4.79 Å². The number of hydrogen-bond acceptors (Lipinski definition) is 6. The van der Waals surface area contributed by atoms with Crippen molar-refractivity contribution in [2.45, 2.75) is 51.4 Å². The highest BCUT2D eigenvalue weighted by atomic mass is 16.6. The van der Waals surface area contributed by atoms with Crippen LogP contribution in [0.2, 0.25) is 0 Å². The third kappa shape index (κ3) is 7.49. The number of carbonyl (C=O) groups excluding carboxylic acids is 1. The zero-order valence-electron chi connectivity index (χ0n) is 21.0. The summed E-state index contributed by atoms with van der Waals surface area (Å²) in [6, 6.07) is 28.5. The molecule has 194 valence electrons. The number of hydroxylamine groups is 1. The molecule has 37 heavy (non-hydrogen) atoms. The van der Waals surface area contributed by atoms with E-state index in [4.69, 9.17) is 18.9 Å². The van der Waals surface area contributed by atoms with Gasteiger partial charge in [-0.05, 0) is 23.6 Å². The lowest BCUT2D eigenvalue weighted by atomic mass is 10.0. The number of rotatable bonds is 13. The summed E-state index contributed by atoms with van der Waals surface area (Å²) in [7, 11) is 0. The molecular weight excluding hydrogens is 470 g/mol. The van der Waals surface area contributed by atoms with E-state index in [1.165, 1.54) is 0 Å². The quantitative estimate of drug-likeness (QED) is 0.192. The highest BCUT2D eigenvalue weighted by Gasteiger charge is 2.50. The van der Waals surface area contributed by atoms with Crippen LogP contribution in [0.15, 0.2) is 91.0 Å². The molecule has 3 aromatic rings. The van der Waals surface area contributed by atoms with Gasteiger partial charge in [-0.2, -0.15) is 0 Å². The molecule has 0 amide bonds. The Morgan fingerprint density at radius 1 is 0.784 bits per heavy atom. The summed E-state index contributed by atoms with van der Waals surface area (Å²) in [6.07, 6.45) is -1.53. The van der Waals surface area contributed by atoms with Crippen molar-refractivity contribution >= 4 is 11.7 Å². The van der Waals surface area contributed by atoms with Gasteiger partial charge in [-0.15, -0.1) is 0 Å². The monoisotopic (exact) mass is 503 g/mol. The van der Waals surface area contributed by atoms with Crippen LogP contribution in [0.3, 0.4) is 0 Å². The molecule has 4 rings (SSSR count). The second kappa shape index (κ2) is 13.7. The molecule has 1 aliphatic heterocycles. The molecule has 7 nitrogen and oxygen atoms in total. The second-order valence-electron chi connectivity index (χ2n) is 8.85. The molecule has 1 aliphatic rings. The Morgan fingerprint density at radius 3 is 1.84 bits per heavy atom. The Labute approximate surface area is 217 Å². The zero-order chi connectivity index (χ0) is 25.9. The standard InChI is InChI=1S/C30H33NO6/c1-2-35-28(32)18-26-29(36-20-24-14-8-4-9-15-24)30(37-21-25-16-10-5-11-17-25)27(31(26)33)22-34-19-23-12-6-3-7-13-23/h3-17,27,29-30H,2,18-22H2,1H3/t27-,29-,30-/m1/s1. The third-order valence-corrected chi connectivity index (χ3v) is 6.18. The molecular formula is C30H33NO6. The first-order valence-electron chi connectivity index (χ1n) is 12.6. The minimum Gasteiger partial charge on any atom is -0.623 e. The molecule has 0 fully saturated rings. The van der Waals surface area contributed by atoms with E-state index in [0.717, 1.165) is 21.4 Å². The van der Waals surface area contributed by atoms with Crippen molar-refractivity contribution in [2.75, 3.05) is 13.2 Å². The number of ether oxygens (including phenoxy) is 4. The van der Waals surface area contributed by atoms with Gasteiger partial charge in [0.15, 0.2) is 12.2 Å². The van der Waals surface area contributed by atoms with Crippen LogP contribution in [0.5, 0.6) is 0 Å². The molecule has 3 aromatic carbocycles. The number of hydrogen-bond donors (Lipinski definition) is 0. The van der Waals surface area contributed by atoms with Crippen molar-refractivity contribution in [1.82, 2.24) is 0 Å². The summed E-state index contributed by atoms with van der Waals surface area (Å²) in [6.45, 7) is 3.02. The lowest BCUT2D eigenvalue weighted by Gasteiger charge is -2.23. The first-order chi connectivity index (χ1) is 18.2. The fraction of sp³-hybridized carbons (Fsp3) is 0.333. The van der Waals surface area contributed by atoms with Crippen LogP contribution in [0, 0.1) is 5.21 Å². The highest BCUT2D eigenvalue weighted by molar-refractivity contribution is 6.00. The van der Waals surface area contributed by atoms with E-state index in [1.807, 2.05) is 91.0 Å². The molecule has 0 radical (unpaired) electrons. The average molecular weight is 504 g/mol. The SMILES string of the molecule is CCOC(=O)CC1=[N+]([O-])[C@H](COCc2ccccc2)[C@@H](OCc2ccccc2)[C@@H]1OCc1ccccc1. The van der Waals surface area contributed by atoms with Gasteiger partial charge >= 0.3 is 5.97 Å². The molecule has 0 aliphatic carbocycles.